The fourth-order valence-corrected chi connectivity index (χ4v) is 2.87. The molecule has 0 bridgehead atoms. The van der Waals surface area contributed by atoms with Crippen LogP contribution in [0.25, 0.3) is 10.6 Å². The second-order valence-electron chi connectivity index (χ2n) is 5.16. The maximum atomic E-state index is 12.4. The van der Waals surface area contributed by atoms with Crippen molar-refractivity contribution in [2.24, 2.45) is 0 Å². The molecular weight excluding hydrogens is 310 g/mol. The van der Waals surface area contributed by atoms with Crippen molar-refractivity contribution >= 4 is 17.2 Å². The van der Waals surface area contributed by atoms with E-state index in [9.17, 15) is 4.79 Å². The summed E-state index contributed by atoms with van der Waals surface area (Å²) in [4.78, 5) is 23.5. The van der Waals surface area contributed by atoms with E-state index in [0.29, 0.717) is 12.1 Å². The predicted molar refractivity (Wildman–Crippen MR) is 89.1 cm³/mol. The largest absolute Gasteiger partial charge is 0.336 e. The molecule has 0 saturated carbocycles. The number of carbonyl (C=O) groups excluding carboxylic acids is 1. The zero-order chi connectivity index (χ0) is 16.2. The van der Waals surface area contributed by atoms with Crippen molar-refractivity contribution < 1.29 is 4.79 Å². The molecule has 0 fully saturated rings. The standard InChI is InChI=1S/C16H17N5OS/c1-3-15-17-8-11(9-18-15)16(22)21(2)10-12-7-13(20-19-12)14-5-4-6-23-14/h4-9H,3,10H2,1-2H3,(H,19,20). The van der Waals surface area contributed by atoms with E-state index in [0.717, 1.165) is 28.5 Å². The summed E-state index contributed by atoms with van der Waals surface area (Å²) in [5.74, 6) is 0.623. The predicted octanol–water partition coefficient (Wildman–Crippen LogP) is 2.76. The SMILES string of the molecule is CCc1ncc(C(=O)N(C)Cc2cc(-c3cccs3)n[nH]2)cn1. The van der Waals surface area contributed by atoms with E-state index >= 15 is 0 Å². The Bertz CT molecular complexity index is 779. The van der Waals surface area contributed by atoms with E-state index < -0.39 is 0 Å². The number of hydrogen-bond donors (Lipinski definition) is 1. The Morgan fingerprint density at radius 1 is 1.35 bits per heavy atom. The Hall–Kier alpha value is -2.54. The summed E-state index contributed by atoms with van der Waals surface area (Å²) < 4.78 is 0. The van der Waals surface area contributed by atoms with Crippen LogP contribution < -0.4 is 0 Å². The third-order valence-electron chi connectivity index (χ3n) is 3.43. The van der Waals surface area contributed by atoms with Crippen molar-refractivity contribution in [1.82, 2.24) is 25.1 Å². The van der Waals surface area contributed by atoms with Crippen LogP contribution in [0.15, 0.2) is 36.0 Å². The average molecular weight is 327 g/mol. The summed E-state index contributed by atoms with van der Waals surface area (Å²) in [5.41, 5.74) is 2.27. The normalized spacial score (nSPS) is 10.7. The van der Waals surface area contributed by atoms with E-state index in [1.807, 2.05) is 30.5 Å². The minimum atomic E-state index is -0.111. The molecule has 23 heavy (non-hydrogen) atoms. The number of H-pyrrole nitrogens is 1. The topological polar surface area (TPSA) is 74.8 Å². The minimum absolute atomic E-state index is 0.111. The van der Waals surface area contributed by atoms with Crippen LogP contribution in [0.5, 0.6) is 0 Å². The fourth-order valence-electron chi connectivity index (χ4n) is 2.19. The first-order chi connectivity index (χ1) is 11.2. The van der Waals surface area contributed by atoms with Crippen molar-refractivity contribution in [1.29, 1.82) is 0 Å². The van der Waals surface area contributed by atoms with Gasteiger partial charge in [-0.15, -0.1) is 11.3 Å². The van der Waals surface area contributed by atoms with Gasteiger partial charge in [-0.05, 0) is 17.5 Å². The van der Waals surface area contributed by atoms with Crippen LogP contribution in [-0.4, -0.2) is 38.0 Å². The van der Waals surface area contributed by atoms with E-state index in [-0.39, 0.29) is 5.91 Å². The van der Waals surface area contributed by atoms with Gasteiger partial charge in [0.1, 0.15) is 11.5 Å². The van der Waals surface area contributed by atoms with Gasteiger partial charge in [0.05, 0.1) is 22.7 Å². The average Bonchev–Trinajstić information content (AvgIpc) is 3.25. The van der Waals surface area contributed by atoms with E-state index in [1.165, 1.54) is 0 Å². The lowest BCUT2D eigenvalue weighted by atomic mass is 10.2. The lowest BCUT2D eigenvalue weighted by molar-refractivity contribution is 0.0782. The number of rotatable bonds is 5. The maximum absolute atomic E-state index is 12.4. The number of carbonyl (C=O) groups is 1. The molecule has 3 aromatic rings. The van der Waals surface area contributed by atoms with Gasteiger partial charge < -0.3 is 4.90 Å². The van der Waals surface area contributed by atoms with Gasteiger partial charge in [-0.2, -0.15) is 5.10 Å². The van der Waals surface area contributed by atoms with Gasteiger partial charge in [0.2, 0.25) is 0 Å². The third-order valence-corrected chi connectivity index (χ3v) is 4.32. The van der Waals surface area contributed by atoms with Gasteiger partial charge in [-0.25, -0.2) is 9.97 Å². The zero-order valence-electron chi connectivity index (χ0n) is 13.0. The molecule has 0 atom stereocenters. The van der Waals surface area contributed by atoms with Gasteiger partial charge in [-0.1, -0.05) is 13.0 Å². The second kappa shape index (κ2) is 6.70. The van der Waals surface area contributed by atoms with E-state index in [1.54, 1.807) is 35.7 Å². The smallest absolute Gasteiger partial charge is 0.257 e. The van der Waals surface area contributed by atoms with Gasteiger partial charge in [0.25, 0.3) is 5.91 Å². The lowest BCUT2D eigenvalue weighted by Gasteiger charge is -2.15. The Kier molecular flexibility index (Phi) is 4.47. The first kappa shape index (κ1) is 15.4. The molecule has 1 amide bonds. The molecule has 3 aromatic heterocycles. The molecule has 7 heteroatoms. The highest BCUT2D eigenvalue weighted by Gasteiger charge is 2.14. The maximum Gasteiger partial charge on any atom is 0.257 e. The number of aromatic amines is 1. The Balaban J connectivity index is 1.68. The van der Waals surface area contributed by atoms with Gasteiger partial charge in [0.15, 0.2) is 0 Å². The van der Waals surface area contributed by atoms with Gasteiger partial charge in [-0.3, -0.25) is 9.89 Å². The van der Waals surface area contributed by atoms with Crippen molar-refractivity contribution in [3.63, 3.8) is 0 Å². The summed E-state index contributed by atoms with van der Waals surface area (Å²) in [5, 5.41) is 9.28. The molecule has 0 aliphatic heterocycles. The van der Waals surface area contributed by atoms with Crippen LogP contribution in [0, 0.1) is 0 Å². The van der Waals surface area contributed by atoms with Crippen LogP contribution in [0.1, 0.15) is 28.8 Å². The molecule has 0 aliphatic rings. The molecule has 0 spiro atoms. The third kappa shape index (κ3) is 3.45. The number of aryl methyl sites for hydroxylation is 1. The number of nitrogens with one attached hydrogen (secondary N) is 1. The number of nitrogens with zero attached hydrogens (tertiary/aromatic N) is 4. The van der Waals surface area contributed by atoms with Crippen LogP contribution in [-0.2, 0) is 13.0 Å². The summed E-state index contributed by atoms with van der Waals surface area (Å²) >= 11 is 1.64. The molecule has 0 aromatic carbocycles. The Morgan fingerprint density at radius 3 is 2.78 bits per heavy atom. The summed E-state index contributed by atoms with van der Waals surface area (Å²) in [6.45, 7) is 2.43. The molecule has 0 unspecified atom stereocenters. The molecule has 0 saturated heterocycles. The van der Waals surface area contributed by atoms with Crippen LogP contribution in [0.4, 0.5) is 0 Å². The van der Waals surface area contributed by atoms with E-state index in [2.05, 4.69) is 20.2 Å². The molecule has 1 N–H and O–H groups in total. The fraction of sp³-hybridized carbons (Fsp3) is 0.250. The summed E-state index contributed by atoms with van der Waals surface area (Å²) in [6, 6.07) is 5.97. The molecule has 0 radical (unpaired) electrons. The van der Waals surface area contributed by atoms with Crippen LogP contribution >= 0.6 is 11.3 Å². The Labute approximate surface area is 138 Å². The van der Waals surface area contributed by atoms with Crippen LogP contribution in [0.2, 0.25) is 0 Å². The van der Waals surface area contributed by atoms with Crippen molar-refractivity contribution in [3.05, 3.63) is 53.1 Å². The van der Waals surface area contributed by atoms with Crippen molar-refractivity contribution in [3.8, 4) is 10.6 Å². The van der Waals surface area contributed by atoms with Gasteiger partial charge in [0, 0.05) is 25.9 Å². The highest BCUT2D eigenvalue weighted by molar-refractivity contribution is 7.13. The Morgan fingerprint density at radius 2 is 2.13 bits per heavy atom. The molecule has 118 valence electrons. The number of thiophene rings is 1. The number of aromatic nitrogens is 4. The highest BCUT2D eigenvalue weighted by atomic mass is 32.1. The number of hydrogen-bond acceptors (Lipinski definition) is 5. The molecule has 3 rings (SSSR count). The second-order valence-corrected chi connectivity index (χ2v) is 6.11. The van der Waals surface area contributed by atoms with Crippen molar-refractivity contribution in [2.75, 3.05) is 7.05 Å². The highest BCUT2D eigenvalue weighted by Crippen LogP contribution is 2.23. The monoisotopic (exact) mass is 327 g/mol. The molecular formula is C16H17N5OS. The minimum Gasteiger partial charge on any atom is -0.336 e. The van der Waals surface area contributed by atoms with Crippen LogP contribution in [0.3, 0.4) is 0 Å². The van der Waals surface area contributed by atoms with Gasteiger partial charge >= 0.3 is 0 Å². The summed E-state index contributed by atoms with van der Waals surface area (Å²) in [7, 11) is 1.75. The zero-order valence-corrected chi connectivity index (χ0v) is 13.8. The first-order valence-electron chi connectivity index (χ1n) is 7.32. The lowest BCUT2D eigenvalue weighted by Crippen LogP contribution is -2.26. The quantitative estimate of drug-likeness (QED) is 0.782. The van der Waals surface area contributed by atoms with E-state index in [4.69, 9.17) is 0 Å². The molecule has 3 heterocycles. The first-order valence-corrected chi connectivity index (χ1v) is 8.20. The number of amides is 1. The molecule has 0 aliphatic carbocycles. The summed E-state index contributed by atoms with van der Waals surface area (Å²) in [6.07, 6.45) is 3.91. The van der Waals surface area contributed by atoms with Crippen molar-refractivity contribution in [2.45, 2.75) is 19.9 Å². The molecule has 6 nitrogen and oxygen atoms in total.